The average Bonchev–Trinajstić information content (AvgIpc) is 3.05. The Balaban J connectivity index is 2.03. The van der Waals surface area contributed by atoms with Crippen LogP contribution >= 0.6 is 0 Å². The van der Waals surface area contributed by atoms with E-state index in [2.05, 4.69) is 4.98 Å². The summed E-state index contributed by atoms with van der Waals surface area (Å²) in [5.74, 6) is -0.843. The maximum Gasteiger partial charge on any atom is 0.237 e. The molecule has 0 bridgehead atoms. The normalized spacial score (nSPS) is 12.2. The van der Waals surface area contributed by atoms with E-state index in [0.29, 0.717) is 16.5 Å². The molecule has 162 valence electrons. The van der Waals surface area contributed by atoms with E-state index < -0.39 is 15.3 Å². The lowest BCUT2D eigenvalue weighted by Crippen LogP contribution is -2.33. The summed E-state index contributed by atoms with van der Waals surface area (Å²) >= 11 is 0. The van der Waals surface area contributed by atoms with Gasteiger partial charge in [-0.3, -0.25) is 9.29 Å². The molecule has 31 heavy (non-hydrogen) atoms. The van der Waals surface area contributed by atoms with E-state index in [1.165, 1.54) is 34.2 Å². The number of phenols is 1. The van der Waals surface area contributed by atoms with Crippen LogP contribution in [0.1, 0.15) is 19.4 Å². The Hall–Kier alpha value is -3.33. The summed E-state index contributed by atoms with van der Waals surface area (Å²) in [6, 6.07) is 9.15. The number of pyridine rings is 1. The summed E-state index contributed by atoms with van der Waals surface area (Å²) in [4.78, 5) is 4.21. The van der Waals surface area contributed by atoms with Gasteiger partial charge in [0.05, 0.1) is 22.9 Å². The molecule has 0 aliphatic carbocycles. The molecule has 0 fully saturated rings. The second-order valence-corrected chi connectivity index (χ2v) is 10.2. The molecule has 0 spiro atoms. The van der Waals surface area contributed by atoms with Gasteiger partial charge in [0.2, 0.25) is 15.9 Å². The lowest BCUT2D eigenvalue weighted by Gasteiger charge is -2.24. The highest BCUT2D eigenvalue weighted by Crippen LogP contribution is 2.46. The van der Waals surface area contributed by atoms with Gasteiger partial charge in [-0.1, -0.05) is 12.1 Å². The molecule has 2 aromatic heterocycles. The zero-order valence-corrected chi connectivity index (χ0v) is 18.1. The third kappa shape index (κ3) is 3.34. The summed E-state index contributed by atoms with van der Waals surface area (Å²) in [5, 5.41) is 22.0. The van der Waals surface area contributed by atoms with Crippen LogP contribution in [-0.2, 0) is 16.6 Å². The lowest BCUT2D eigenvalue weighted by molar-refractivity contribution is 0.425. The molecule has 0 radical (unpaired) electrons. The molecule has 4 aromatic rings. The van der Waals surface area contributed by atoms with Crippen LogP contribution in [0.3, 0.4) is 0 Å². The summed E-state index contributed by atoms with van der Waals surface area (Å²) in [5.41, 5.74) is 1.23. The third-order valence-electron chi connectivity index (χ3n) is 5.39. The van der Waals surface area contributed by atoms with Crippen molar-refractivity contribution in [3.8, 4) is 11.6 Å². The van der Waals surface area contributed by atoms with Gasteiger partial charge in [-0.15, -0.1) is 0 Å². The predicted octanol–water partition coefficient (Wildman–Crippen LogP) is 3.96. The van der Waals surface area contributed by atoms with Crippen LogP contribution in [0, 0.1) is 5.82 Å². The van der Waals surface area contributed by atoms with E-state index in [9.17, 15) is 23.0 Å². The molecule has 0 atom stereocenters. The van der Waals surface area contributed by atoms with Crippen molar-refractivity contribution in [3.05, 3.63) is 60.2 Å². The molecule has 4 rings (SSSR count). The Morgan fingerprint density at radius 2 is 1.81 bits per heavy atom. The Morgan fingerprint density at radius 1 is 1.13 bits per heavy atom. The van der Waals surface area contributed by atoms with Crippen molar-refractivity contribution < 1.29 is 23.0 Å². The Bertz CT molecular complexity index is 1400. The Morgan fingerprint density at radius 3 is 2.45 bits per heavy atom. The van der Waals surface area contributed by atoms with Crippen LogP contribution in [-0.4, -0.2) is 40.5 Å². The fourth-order valence-corrected chi connectivity index (χ4v) is 4.78. The zero-order chi connectivity index (χ0) is 22.5. The van der Waals surface area contributed by atoms with Gasteiger partial charge in [-0.2, -0.15) is 0 Å². The second kappa shape index (κ2) is 7.42. The minimum absolute atomic E-state index is 0.106. The molecule has 2 N–H and O–H groups in total. The van der Waals surface area contributed by atoms with Gasteiger partial charge in [0.1, 0.15) is 11.3 Å². The highest BCUT2D eigenvalue weighted by Gasteiger charge is 2.29. The van der Waals surface area contributed by atoms with Gasteiger partial charge in [0.15, 0.2) is 5.75 Å². The van der Waals surface area contributed by atoms with E-state index >= 15 is 0 Å². The quantitative estimate of drug-likeness (QED) is 0.487. The minimum atomic E-state index is -3.70. The van der Waals surface area contributed by atoms with Gasteiger partial charge >= 0.3 is 0 Å². The number of hydrogen-bond acceptors (Lipinski definition) is 5. The maximum atomic E-state index is 13.2. The van der Waals surface area contributed by atoms with E-state index in [4.69, 9.17) is 0 Å². The fourth-order valence-electron chi connectivity index (χ4n) is 3.70. The van der Waals surface area contributed by atoms with E-state index in [1.807, 2.05) is 0 Å². The Labute approximate surface area is 179 Å². The van der Waals surface area contributed by atoms with E-state index in [-0.39, 0.29) is 34.9 Å². The third-order valence-corrected chi connectivity index (χ3v) is 7.52. The van der Waals surface area contributed by atoms with Crippen molar-refractivity contribution in [2.24, 2.45) is 0 Å². The molecule has 2 aromatic carbocycles. The van der Waals surface area contributed by atoms with Gasteiger partial charge in [0, 0.05) is 30.2 Å². The number of aromatic nitrogens is 2. The smallest absolute Gasteiger partial charge is 0.237 e. The summed E-state index contributed by atoms with van der Waals surface area (Å²) in [6.45, 7) is 3.37. The van der Waals surface area contributed by atoms with Crippen molar-refractivity contribution in [3.63, 3.8) is 0 Å². The first-order valence-electron chi connectivity index (χ1n) is 9.66. The second-order valence-electron chi connectivity index (χ2n) is 7.65. The highest BCUT2D eigenvalue weighted by atomic mass is 32.2. The van der Waals surface area contributed by atoms with Crippen LogP contribution in [0.15, 0.2) is 48.8 Å². The topological polar surface area (TPSA) is 95.7 Å². The number of hydrogen-bond donors (Lipinski definition) is 2. The molecule has 7 nitrogen and oxygen atoms in total. The molecule has 0 amide bonds. The molecule has 0 saturated heterocycles. The van der Waals surface area contributed by atoms with Gasteiger partial charge in [-0.05, 0) is 43.7 Å². The first-order chi connectivity index (χ1) is 14.6. The molecule has 0 unspecified atom stereocenters. The monoisotopic (exact) mass is 443 g/mol. The molecule has 0 aliphatic heterocycles. The lowest BCUT2D eigenvalue weighted by atomic mass is 10.1. The van der Waals surface area contributed by atoms with Crippen molar-refractivity contribution in [2.45, 2.75) is 25.6 Å². The summed E-state index contributed by atoms with van der Waals surface area (Å²) < 4.78 is 41.8. The van der Waals surface area contributed by atoms with Crippen molar-refractivity contribution >= 4 is 37.4 Å². The number of aromatic hydroxyl groups is 2. The van der Waals surface area contributed by atoms with Crippen molar-refractivity contribution in [2.75, 3.05) is 11.4 Å². The molecule has 9 heteroatoms. The first kappa shape index (κ1) is 20.9. The van der Waals surface area contributed by atoms with Crippen LogP contribution in [0.25, 0.3) is 21.7 Å². The van der Waals surface area contributed by atoms with Crippen LogP contribution in [0.5, 0.6) is 11.6 Å². The Kier molecular flexibility index (Phi) is 5.01. The van der Waals surface area contributed by atoms with E-state index in [1.54, 1.807) is 44.3 Å². The standard InChI is InChI=1S/C22H22FN3O4S/c1-13(2)31(29,30)25(3)20-16-5-4-10-24-19(16)21(27)18-17(20)12-26(22(18)28)11-14-6-8-15(23)9-7-14/h4-10,12-13,27-28H,11H2,1-3H3. The number of phenolic OH excluding ortho intramolecular Hbond substituents is 1. The van der Waals surface area contributed by atoms with Gasteiger partial charge < -0.3 is 14.8 Å². The summed E-state index contributed by atoms with van der Waals surface area (Å²) in [6.07, 6.45) is 3.07. The summed E-state index contributed by atoms with van der Waals surface area (Å²) in [7, 11) is -2.26. The SMILES string of the molecule is CC(C)S(=O)(=O)N(C)c1c2cccnc2c(O)c2c(O)n(Cc3ccc(F)cc3)cc12. The number of rotatable bonds is 5. The van der Waals surface area contributed by atoms with Gasteiger partial charge in [0.25, 0.3) is 0 Å². The average molecular weight is 444 g/mol. The van der Waals surface area contributed by atoms with Crippen LogP contribution in [0.2, 0.25) is 0 Å². The molecular weight excluding hydrogens is 421 g/mol. The molecule has 0 saturated carbocycles. The number of halogens is 1. The molecular formula is C22H22FN3O4S. The van der Waals surface area contributed by atoms with Crippen LogP contribution < -0.4 is 4.31 Å². The zero-order valence-electron chi connectivity index (χ0n) is 17.2. The predicted molar refractivity (Wildman–Crippen MR) is 119 cm³/mol. The number of sulfonamides is 1. The van der Waals surface area contributed by atoms with Crippen LogP contribution in [0.4, 0.5) is 10.1 Å². The highest BCUT2D eigenvalue weighted by molar-refractivity contribution is 7.93. The fraction of sp³-hybridized carbons (Fsp3) is 0.227. The minimum Gasteiger partial charge on any atom is -0.505 e. The maximum absolute atomic E-state index is 13.2. The number of nitrogens with zero attached hydrogens (tertiary/aromatic N) is 3. The molecule has 2 heterocycles. The first-order valence-corrected chi connectivity index (χ1v) is 11.2. The van der Waals surface area contributed by atoms with Crippen molar-refractivity contribution in [1.82, 2.24) is 9.55 Å². The number of anilines is 1. The van der Waals surface area contributed by atoms with E-state index in [0.717, 1.165) is 5.56 Å². The number of benzene rings is 2. The van der Waals surface area contributed by atoms with Gasteiger partial charge in [-0.25, -0.2) is 12.8 Å². The largest absolute Gasteiger partial charge is 0.505 e. The number of fused-ring (bicyclic) bond motifs is 2. The molecule has 0 aliphatic rings. The van der Waals surface area contributed by atoms with Crippen molar-refractivity contribution in [1.29, 1.82) is 0 Å².